The number of ether oxygens (including phenoxy) is 1. The van der Waals surface area contributed by atoms with Crippen molar-refractivity contribution in [2.45, 2.75) is 32.4 Å². The Morgan fingerprint density at radius 2 is 1.80 bits per heavy atom. The molecule has 0 aliphatic rings. The number of hydrogen-bond donors (Lipinski definition) is 0. The highest BCUT2D eigenvalue weighted by Gasteiger charge is 2.30. The van der Waals surface area contributed by atoms with Gasteiger partial charge >= 0.3 is 6.18 Å². The molecule has 0 fully saturated rings. The van der Waals surface area contributed by atoms with Crippen molar-refractivity contribution in [3.8, 4) is 5.75 Å². The van der Waals surface area contributed by atoms with Crippen molar-refractivity contribution in [1.29, 1.82) is 0 Å². The van der Waals surface area contributed by atoms with Crippen LogP contribution in [0.5, 0.6) is 5.75 Å². The molecule has 0 aliphatic carbocycles. The highest BCUT2D eigenvalue weighted by atomic mass is 19.4. The van der Waals surface area contributed by atoms with Gasteiger partial charge in [-0.25, -0.2) is 0 Å². The van der Waals surface area contributed by atoms with Crippen LogP contribution >= 0.6 is 0 Å². The second-order valence-corrected chi connectivity index (χ2v) is 5.66. The summed E-state index contributed by atoms with van der Waals surface area (Å²) in [4.78, 5) is 4.23. The first kappa shape index (κ1) is 14.6. The molecule has 0 saturated carbocycles. The summed E-state index contributed by atoms with van der Waals surface area (Å²) < 4.78 is 42.0. The van der Waals surface area contributed by atoms with Crippen molar-refractivity contribution >= 4 is 10.9 Å². The highest BCUT2D eigenvalue weighted by molar-refractivity contribution is 5.85. The number of fused-ring (bicyclic) bond motifs is 1. The third-order valence-electron chi connectivity index (χ3n) is 2.89. The first-order valence-electron chi connectivity index (χ1n) is 6.26. The van der Waals surface area contributed by atoms with Gasteiger partial charge in [0.2, 0.25) is 0 Å². The Hall–Kier alpha value is -1.78. The zero-order valence-corrected chi connectivity index (χ0v) is 11.6. The van der Waals surface area contributed by atoms with Gasteiger partial charge in [0.15, 0.2) is 6.61 Å². The van der Waals surface area contributed by atoms with Crippen LogP contribution in [0.1, 0.15) is 26.3 Å². The van der Waals surface area contributed by atoms with Gasteiger partial charge in [-0.05, 0) is 23.6 Å². The molecule has 0 amide bonds. The second kappa shape index (κ2) is 4.96. The summed E-state index contributed by atoms with van der Waals surface area (Å²) in [5.41, 5.74) is 1.15. The minimum Gasteiger partial charge on any atom is -0.484 e. The van der Waals surface area contributed by atoms with Crippen LogP contribution in [0.2, 0.25) is 0 Å². The van der Waals surface area contributed by atoms with Crippen LogP contribution in [0.4, 0.5) is 13.2 Å². The Kier molecular flexibility index (Phi) is 3.63. The fourth-order valence-electron chi connectivity index (χ4n) is 2.19. The highest BCUT2D eigenvalue weighted by Crippen LogP contribution is 2.37. The molecule has 0 aliphatic heterocycles. The normalized spacial score (nSPS) is 12.7. The van der Waals surface area contributed by atoms with Crippen molar-refractivity contribution in [3.63, 3.8) is 0 Å². The third kappa shape index (κ3) is 3.21. The van der Waals surface area contributed by atoms with Crippen molar-refractivity contribution < 1.29 is 17.9 Å². The van der Waals surface area contributed by atoms with E-state index in [2.05, 4.69) is 4.98 Å². The Labute approximate surface area is 115 Å². The zero-order chi connectivity index (χ0) is 15.0. The zero-order valence-electron chi connectivity index (χ0n) is 11.6. The van der Waals surface area contributed by atoms with E-state index in [1.165, 1.54) is 0 Å². The SMILES string of the molecule is CC(C)(C)c1c(OCC(F)(F)F)ccc2ncccc12. The molecule has 0 saturated heterocycles. The van der Waals surface area contributed by atoms with Crippen LogP contribution in [0, 0.1) is 0 Å². The molecular weight excluding hydrogens is 267 g/mol. The molecular formula is C15H16F3NO. The molecule has 1 aromatic carbocycles. The summed E-state index contributed by atoms with van der Waals surface area (Å²) >= 11 is 0. The van der Waals surface area contributed by atoms with E-state index in [0.717, 1.165) is 16.5 Å². The molecule has 108 valence electrons. The smallest absolute Gasteiger partial charge is 0.422 e. The van der Waals surface area contributed by atoms with E-state index in [1.54, 1.807) is 24.4 Å². The van der Waals surface area contributed by atoms with Crippen LogP contribution in [-0.2, 0) is 5.41 Å². The maximum atomic E-state index is 12.3. The molecule has 1 aromatic heterocycles. The summed E-state index contributed by atoms with van der Waals surface area (Å²) in [5.74, 6) is 0.260. The van der Waals surface area contributed by atoms with Crippen LogP contribution in [0.25, 0.3) is 10.9 Å². The number of pyridine rings is 1. The summed E-state index contributed by atoms with van der Waals surface area (Å²) in [7, 11) is 0. The molecule has 0 N–H and O–H groups in total. The monoisotopic (exact) mass is 283 g/mol. The quantitative estimate of drug-likeness (QED) is 0.811. The Morgan fingerprint density at radius 3 is 2.40 bits per heavy atom. The molecule has 20 heavy (non-hydrogen) atoms. The number of halogens is 3. The van der Waals surface area contributed by atoms with Crippen LogP contribution in [0.3, 0.4) is 0 Å². The topological polar surface area (TPSA) is 22.1 Å². The maximum Gasteiger partial charge on any atom is 0.422 e. The molecule has 0 radical (unpaired) electrons. The van der Waals surface area contributed by atoms with Crippen LogP contribution < -0.4 is 4.74 Å². The lowest BCUT2D eigenvalue weighted by atomic mass is 9.83. The predicted molar refractivity (Wildman–Crippen MR) is 72.0 cm³/mol. The maximum absolute atomic E-state index is 12.3. The van der Waals surface area contributed by atoms with Gasteiger partial charge in [-0.1, -0.05) is 26.8 Å². The van der Waals surface area contributed by atoms with Crippen molar-refractivity contribution in [2.75, 3.05) is 6.61 Å². The van der Waals surface area contributed by atoms with Gasteiger partial charge < -0.3 is 4.74 Å². The average Bonchev–Trinajstić information content (AvgIpc) is 2.33. The van der Waals surface area contributed by atoms with Gasteiger partial charge in [-0.3, -0.25) is 4.98 Å². The minimum atomic E-state index is -4.35. The molecule has 0 bridgehead atoms. The Balaban J connectivity index is 2.54. The Bertz CT molecular complexity index is 615. The molecule has 0 unspecified atom stereocenters. The summed E-state index contributed by atoms with van der Waals surface area (Å²) in [6.07, 6.45) is -2.69. The number of benzene rings is 1. The van der Waals surface area contributed by atoms with Gasteiger partial charge in [0.25, 0.3) is 0 Å². The fraction of sp³-hybridized carbons (Fsp3) is 0.400. The van der Waals surface area contributed by atoms with E-state index in [9.17, 15) is 13.2 Å². The van der Waals surface area contributed by atoms with Crippen molar-refractivity contribution in [3.05, 3.63) is 36.0 Å². The minimum absolute atomic E-state index is 0.260. The fourth-order valence-corrected chi connectivity index (χ4v) is 2.19. The van der Waals surface area contributed by atoms with E-state index in [-0.39, 0.29) is 11.2 Å². The van der Waals surface area contributed by atoms with Gasteiger partial charge in [-0.15, -0.1) is 0 Å². The van der Waals surface area contributed by atoms with E-state index < -0.39 is 12.8 Å². The third-order valence-corrected chi connectivity index (χ3v) is 2.89. The first-order valence-corrected chi connectivity index (χ1v) is 6.26. The predicted octanol–water partition coefficient (Wildman–Crippen LogP) is 4.47. The molecule has 0 atom stereocenters. The number of hydrogen-bond acceptors (Lipinski definition) is 2. The standard InChI is InChI=1S/C15H16F3NO/c1-14(2,3)13-10-5-4-8-19-11(10)6-7-12(13)20-9-15(16,17)18/h4-8H,9H2,1-3H3. The molecule has 2 nitrogen and oxygen atoms in total. The van der Waals surface area contributed by atoms with Crippen LogP contribution in [-0.4, -0.2) is 17.8 Å². The number of alkyl halides is 3. The molecule has 0 spiro atoms. The van der Waals surface area contributed by atoms with Gasteiger partial charge in [0.1, 0.15) is 5.75 Å². The second-order valence-electron chi connectivity index (χ2n) is 5.66. The number of rotatable bonds is 2. The largest absolute Gasteiger partial charge is 0.484 e. The van der Waals surface area contributed by atoms with Crippen molar-refractivity contribution in [2.24, 2.45) is 0 Å². The van der Waals surface area contributed by atoms with Gasteiger partial charge in [0.05, 0.1) is 5.52 Å². The molecule has 1 heterocycles. The average molecular weight is 283 g/mol. The lowest BCUT2D eigenvalue weighted by Crippen LogP contribution is -2.22. The van der Waals surface area contributed by atoms with Crippen molar-refractivity contribution in [1.82, 2.24) is 4.98 Å². The molecule has 2 rings (SSSR count). The number of nitrogens with zero attached hydrogens (tertiary/aromatic N) is 1. The van der Waals surface area contributed by atoms with E-state index in [0.29, 0.717) is 0 Å². The Morgan fingerprint density at radius 1 is 1.10 bits per heavy atom. The molecule has 5 heteroatoms. The van der Waals surface area contributed by atoms with E-state index in [4.69, 9.17) is 4.74 Å². The van der Waals surface area contributed by atoms with Gasteiger partial charge in [0, 0.05) is 17.1 Å². The summed E-state index contributed by atoms with van der Waals surface area (Å²) in [6.45, 7) is 4.53. The summed E-state index contributed by atoms with van der Waals surface area (Å²) in [6, 6.07) is 6.85. The molecule has 2 aromatic rings. The number of aromatic nitrogens is 1. The lowest BCUT2D eigenvalue weighted by molar-refractivity contribution is -0.153. The first-order chi connectivity index (χ1) is 9.18. The van der Waals surface area contributed by atoms with Crippen LogP contribution in [0.15, 0.2) is 30.5 Å². The lowest BCUT2D eigenvalue weighted by Gasteiger charge is -2.25. The van der Waals surface area contributed by atoms with Gasteiger partial charge in [-0.2, -0.15) is 13.2 Å². The van der Waals surface area contributed by atoms with E-state index >= 15 is 0 Å². The van der Waals surface area contributed by atoms with E-state index in [1.807, 2.05) is 26.8 Å². The summed E-state index contributed by atoms with van der Waals surface area (Å²) in [5, 5.41) is 0.819.